The van der Waals surface area contributed by atoms with Crippen LogP contribution in [0.2, 0.25) is 0 Å². The molecular formula is C14H28N2O4. The Morgan fingerprint density at radius 2 is 1.90 bits per heavy atom. The molecular weight excluding hydrogens is 260 g/mol. The van der Waals surface area contributed by atoms with E-state index in [0.717, 1.165) is 6.42 Å². The third-order valence-corrected chi connectivity index (χ3v) is 3.21. The Hall–Kier alpha value is -1.30. The summed E-state index contributed by atoms with van der Waals surface area (Å²) in [5, 5.41) is 14.3. The predicted molar refractivity (Wildman–Crippen MR) is 77.7 cm³/mol. The van der Waals surface area contributed by atoms with E-state index in [9.17, 15) is 9.59 Å². The van der Waals surface area contributed by atoms with Gasteiger partial charge in [0.05, 0.1) is 12.6 Å². The van der Waals surface area contributed by atoms with E-state index in [-0.39, 0.29) is 30.3 Å². The van der Waals surface area contributed by atoms with Crippen molar-refractivity contribution in [1.29, 1.82) is 0 Å². The van der Waals surface area contributed by atoms with E-state index >= 15 is 0 Å². The number of carbonyl (C=O) groups excluding carboxylic acids is 1. The number of carboxylic acids is 1. The SMILES string of the molecule is CCOCC(NC(=O)NCC(CC)CC(=O)O)C(C)C. The molecule has 2 atom stereocenters. The maximum absolute atomic E-state index is 11.8. The monoisotopic (exact) mass is 288 g/mol. The largest absolute Gasteiger partial charge is 0.481 e. The first-order chi connectivity index (χ1) is 9.40. The summed E-state index contributed by atoms with van der Waals surface area (Å²) >= 11 is 0. The zero-order valence-electron chi connectivity index (χ0n) is 12.9. The van der Waals surface area contributed by atoms with Crippen LogP contribution in [0.3, 0.4) is 0 Å². The molecule has 0 heterocycles. The van der Waals surface area contributed by atoms with Crippen LogP contribution in [0.4, 0.5) is 4.79 Å². The highest BCUT2D eigenvalue weighted by atomic mass is 16.5. The van der Waals surface area contributed by atoms with Crippen molar-refractivity contribution in [3.8, 4) is 0 Å². The van der Waals surface area contributed by atoms with E-state index in [4.69, 9.17) is 9.84 Å². The van der Waals surface area contributed by atoms with Gasteiger partial charge in [-0.05, 0) is 18.8 Å². The molecule has 6 nitrogen and oxygen atoms in total. The zero-order valence-corrected chi connectivity index (χ0v) is 12.9. The fourth-order valence-electron chi connectivity index (χ4n) is 1.71. The smallest absolute Gasteiger partial charge is 0.315 e. The molecule has 0 radical (unpaired) electrons. The molecule has 6 heteroatoms. The van der Waals surface area contributed by atoms with Gasteiger partial charge in [-0.1, -0.05) is 27.2 Å². The van der Waals surface area contributed by atoms with Crippen molar-refractivity contribution in [1.82, 2.24) is 10.6 Å². The van der Waals surface area contributed by atoms with Gasteiger partial charge in [-0.15, -0.1) is 0 Å². The van der Waals surface area contributed by atoms with Gasteiger partial charge in [0, 0.05) is 19.6 Å². The number of rotatable bonds is 10. The molecule has 0 rings (SSSR count). The first-order valence-electron chi connectivity index (χ1n) is 7.24. The lowest BCUT2D eigenvalue weighted by Crippen LogP contribution is -2.47. The molecule has 20 heavy (non-hydrogen) atoms. The lowest BCUT2D eigenvalue weighted by molar-refractivity contribution is -0.138. The zero-order chi connectivity index (χ0) is 15.5. The summed E-state index contributed by atoms with van der Waals surface area (Å²) in [5.74, 6) is -0.605. The van der Waals surface area contributed by atoms with Crippen LogP contribution >= 0.6 is 0 Å². The Morgan fingerprint density at radius 3 is 2.35 bits per heavy atom. The van der Waals surface area contributed by atoms with Gasteiger partial charge < -0.3 is 20.5 Å². The number of aliphatic carboxylic acids is 1. The first kappa shape index (κ1) is 18.7. The molecule has 0 fully saturated rings. The minimum Gasteiger partial charge on any atom is -0.481 e. The van der Waals surface area contributed by atoms with Crippen molar-refractivity contribution in [3.63, 3.8) is 0 Å². The third kappa shape index (κ3) is 8.74. The molecule has 0 aromatic heterocycles. The number of ether oxygens (including phenoxy) is 1. The highest BCUT2D eigenvalue weighted by molar-refractivity contribution is 5.74. The normalized spacial score (nSPS) is 13.8. The second-order valence-corrected chi connectivity index (χ2v) is 5.24. The number of hydrogen-bond donors (Lipinski definition) is 3. The van der Waals surface area contributed by atoms with Crippen molar-refractivity contribution in [3.05, 3.63) is 0 Å². The second-order valence-electron chi connectivity index (χ2n) is 5.24. The van der Waals surface area contributed by atoms with Gasteiger partial charge in [0.15, 0.2) is 0 Å². The average molecular weight is 288 g/mol. The maximum Gasteiger partial charge on any atom is 0.315 e. The molecule has 118 valence electrons. The van der Waals surface area contributed by atoms with Crippen LogP contribution in [0.25, 0.3) is 0 Å². The van der Waals surface area contributed by atoms with Crippen molar-refractivity contribution in [2.45, 2.75) is 46.6 Å². The highest BCUT2D eigenvalue weighted by Gasteiger charge is 2.17. The van der Waals surface area contributed by atoms with Crippen molar-refractivity contribution in [2.75, 3.05) is 19.8 Å². The van der Waals surface area contributed by atoms with Crippen LogP contribution in [0, 0.1) is 11.8 Å². The Bertz CT molecular complexity index is 295. The highest BCUT2D eigenvalue weighted by Crippen LogP contribution is 2.07. The summed E-state index contributed by atoms with van der Waals surface area (Å²) in [7, 11) is 0. The predicted octanol–water partition coefficient (Wildman–Crippen LogP) is 1.85. The lowest BCUT2D eigenvalue weighted by atomic mass is 10.0. The molecule has 2 unspecified atom stereocenters. The van der Waals surface area contributed by atoms with Gasteiger partial charge in [0.2, 0.25) is 0 Å². The minimum absolute atomic E-state index is 0.0392. The quantitative estimate of drug-likeness (QED) is 0.572. The molecule has 0 spiro atoms. The average Bonchev–Trinajstić information content (AvgIpc) is 2.38. The fourth-order valence-corrected chi connectivity index (χ4v) is 1.71. The fraction of sp³-hybridized carbons (Fsp3) is 0.857. The molecule has 0 saturated heterocycles. The summed E-state index contributed by atoms with van der Waals surface area (Å²) in [6, 6.07) is -0.318. The molecule has 0 aromatic carbocycles. The van der Waals surface area contributed by atoms with E-state index < -0.39 is 5.97 Å². The van der Waals surface area contributed by atoms with Gasteiger partial charge in [-0.25, -0.2) is 4.79 Å². The van der Waals surface area contributed by atoms with E-state index in [2.05, 4.69) is 10.6 Å². The molecule has 0 aliphatic carbocycles. The maximum atomic E-state index is 11.8. The van der Waals surface area contributed by atoms with Gasteiger partial charge in [-0.2, -0.15) is 0 Å². The van der Waals surface area contributed by atoms with Crippen LogP contribution in [-0.4, -0.2) is 42.9 Å². The number of hydrogen-bond acceptors (Lipinski definition) is 3. The van der Waals surface area contributed by atoms with Crippen LogP contribution in [-0.2, 0) is 9.53 Å². The Labute approximate surface area is 121 Å². The summed E-state index contributed by atoms with van der Waals surface area (Å²) in [5.41, 5.74) is 0. The van der Waals surface area contributed by atoms with E-state index in [0.29, 0.717) is 19.8 Å². The summed E-state index contributed by atoms with van der Waals surface area (Å²) < 4.78 is 5.34. The number of carboxylic acid groups (broad SMARTS) is 1. The number of carbonyl (C=O) groups is 2. The molecule has 3 N–H and O–H groups in total. The van der Waals surface area contributed by atoms with E-state index in [1.807, 2.05) is 27.7 Å². The van der Waals surface area contributed by atoms with Crippen molar-refractivity contribution in [2.24, 2.45) is 11.8 Å². The van der Waals surface area contributed by atoms with E-state index in [1.54, 1.807) is 0 Å². The Kier molecular flexibility index (Phi) is 9.80. The standard InChI is InChI=1S/C14H28N2O4/c1-5-11(7-13(17)18)8-15-14(19)16-12(10(3)4)9-20-6-2/h10-12H,5-9H2,1-4H3,(H,17,18)(H2,15,16,19). The van der Waals surface area contributed by atoms with Gasteiger partial charge in [-0.3, -0.25) is 4.79 Å². The van der Waals surface area contributed by atoms with Crippen LogP contribution in [0.1, 0.15) is 40.5 Å². The number of amides is 2. The summed E-state index contributed by atoms with van der Waals surface area (Å²) in [6.07, 6.45) is 0.794. The Balaban J connectivity index is 4.14. The van der Waals surface area contributed by atoms with Crippen molar-refractivity contribution >= 4 is 12.0 Å². The van der Waals surface area contributed by atoms with Gasteiger partial charge in [0.25, 0.3) is 0 Å². The van der Waals surface area contributed by atoms with Gasteiger partial charge >= 0.3 is 12.0 Å². The topological polar surface area (TPSA) is 87.7 Å². The third-order valence-electron chi connectivity index (χ3n) is 3.21. The van der Waals surface area contributed by atoms with Crippen LogP contribution in [0.15, 0.2) is 0 Å². The molecule has 0 aromatic rings. The molecule has 0 aliphatic heterocycles. The van der Waals surface area contributed by atoms with Gasteiger partial charge in [0.1, 0.15) is 0 Å². The minimum atomic E-state index is -0.838. The molecule has 2 amide bonds. The number of nitrogens with one attached hydrogen (secondary N) is 2. The van der Waals surface area contributed by atoms with Crippen molar-refractivity contribution < 1.29 is 19.4 Å². The molecule has 0 bridgehead atoms. The first-order valence-corrected chi connectivity index (χ1v) is 7.24. The summed E-state index contributed by atoms with van der Waals surface area (Å²) in [6.45, 7) is 9.33. The Morgan fingerprint density at radius 1 is 1.25 bits per heavy atom. The van der Waals surface area contributed by atoms with Crippen LogP contribution < -0.4 is 10.6 Å². The molecule has 0 aliphatic rings. The van der Waals surface area contributed by atoms with E-state index in [1.165, 1.54) is 0 Å². The summed E-state index contributed by atoms with van der Waals surface area (Å²) in [4.78, 5) is 22.5. The second kappa shape index (κ2) is 10.5. The molecule has 0 saturated carbocycles. The lowest BCUT2D eigenvalue weighted by Gasteiger charge is -2.23. The number of urea groups is 1. The van der Waals surface area contributed by atoms with Crippen LogP contribution in [0.5, 0.6) is 0 Å².